The van der Waals surface area contributed by atoms with Gasteiger partial charge in [0.25, 0.3) is 10.1 Å². The van der Waals surface area contributed by atoms with Crippen molar-refractivity contribution in [3.05, 3.63) is 36.4 Å². The van der Waals surface area contributed by atoms with Crippen LogP contribution in [0.4, 0.5) is 5.69 Å². The molecule has 0 aliphatic rings. The summed E-state index contributed by atoms with van der Waals surface area (Å²) >= 11 is 0. The highest BCUT2D eigenvalue weighted by molar-refractivity contribution is 7.86. The number of ether oxygens (including phenoxy) is 1. The molecule has 0 radical (unpaired) electrons. The smallest absolute Gasteiger partial charge is 0.295 e. The third-order valence-electron chi connectivity index (χ3n) is 3.05. The van der Waals surface area contributed by atoms with E-state index in [-0.39, 0.29) is 18.0 Å². The van der Waals surface area contributed by atoms with Gasteiger partial charge in [0.1, 0.15) is 4.90 Å². The van der Waals surface area contributed by atoms with Crippen LogP contribution < -0.4 is 5.32 Å². The van der Waals surface area contributed by atoms with Crippen LogP contribution in [-0.4, -0.2) is 44.4 Å². The molecule has 0 aliphatic heterocycles. The Kier molecular flexibility index (Phi) is 4.79. The van der Waals surface area contributed by atoms with Crippen LogP contribution >= 0.6 is 0 Å². The van der Waals surface area contributed by atoms with Gasteiger partial charge in [-0.2, -0.15) is 8.42 Å². The summed E-state index contributed by atoms with van der Waals surface area (Å²) in [4.78, 5) is -0.138. The summed E-state index contributed by atoms with van der Waals surface area (Å²) in [5, 5.41) is 13.8. The Bertz CT molecular complexity index is 729. The van der Waals surface area contributed by atoms with Crippen LogP contribution in [0, 0.1) is 0 Å². The Labute approximate surface area is 123 Å². The molecule has 3 N–H and O–H groups in total. The molecule has 0 aliphatic carbocycles. The third kappa shape index (κ3) is 3.70. The summed E-state index contributed by atoms with van der Waals surface area (Å²) in [6.45, 7) is 0.469. The summed E-state index contributed by atoms with van der Waals surface area (Å²) in [7, 11) is -2.78. The lowest BCUT2D eigenvalue weighted by Gasteiger charge is -2.14. The first kappa shape index (κ1) is 15.7. The monoisotopic (exact) mass is 311 g/mol. The van der Waals surface area contributed by atoms with E-state index in [1.165, 1.54) is 13.2 Å². The third-order valence-corrected chi connectivity index (χ3v) is 3.96. The van der Waals surface area contributed by atoms with Gasteiger partial charge in [-0.05, 0) is 12.1 Å². The van der Waals surface area contributed by atoms with Gasteiger partial charge in [-0.1, -0.05) is 24.3 Å². The number of aliphatic hydroxyl groups excluding tert-OH is 1. The van der Waals surface area contributed by atoms with Gasteiger partial charge in [-0.25, -0.2) is 0 Å². The predicted octanol–water partition coefficient (Wildman–Crippen LogP) is 1.51. The molecule has 0 heterocycles. The van der Waals surface area contributed by atoms with Crippen molar-refractivity contribution in [2.75, 3.05) is 25.6 Å². The zero-order chi connectivity index (χ0) is 15.5. The summed E-state index contributed by atoms with van der Waals surface area (Å²) in [6, 6.07) is 9.73. The van der Waals surface area contributed by atoms with Crippen molar-refractivity contribution < 1.29 is 22.8 Å². The average Bonchev–Trinajstić information content (AvgIpc) is 2.43. The van der Waals surface area contributed by atoms with Crippen LogP contribution in [0.3, 0.4) is 0 Å². The molecule has 7 heteroatoms. The van der Waals surface area contributed by atoms with Gasteiger partial charge in [-0.3, -0.25) is 4.55 Å². The van der Waals surface area contributed by atoms with E-state index in [1.807, 2.05) is 0 Å². The number of nitrogens with one attached hydrogen (secondary N) is 1. The second-order valence-electron chi connectivity index (χ2n) is 4.62. The van der Waals surface area contributed by atoms with Gasteiger partial charge in [0.05, 0.1) is 12.7 Å². The van der Waals surface area contributed by atoms with E-state index in [9.17, 15) is 18.1 Å². The molecule has 0 aromatic heterocycles. The number of hydrogen-bond donors (Lipinski definition) is 3. The number of fused-ring (bicyclic) bond motifs is 1. The lowest BCUT2D eigenvalue weighted by Crippen LogP contribution is -2.24. The van der Waals surface area contributed by atoms with Crippen LogP contribution in [0.1, 0.15) is 0 Å². The molecule has 1 atom stereocenters. The van der Waals surface area contributed by atoms with Gasteiger partial charge in [0, 0.05) is 30.1 Å². The summed E-state index contributed by atoms with van der Waals surface area (Å²) in [5.41, 5.74) is 0.674. The molecule has 0 bridgehead atoms. The van der Waals surface area contributed by atoms with Gasteiger partial charge in [0.2, 0.25) is 0 Å². The number of hydrogen-bond acceptors (Lipinski definition) is 5. The van der Waals surface area contributed by atoms with Crippen LogP contribution in [0.15, 0.2) is 41.3 Å². The van der Waals surface area contributed by atoms with E-state index in [2.05, 4.69) is 5.32 Å². The topological polar surface area (TPSA) is 95.9 Å². The van der Waals surface area contributed by atoms with Crippen molar-refractivity contribution in [3.8, 4) is 0 Å². The van der Waals surface area contributed by atoms with Gasteiger partial charge >= 0.3 is 0 Å². The first-order valence-corrected chi connectivity index (χ1v) is 7.77. The summed E-state index contributed by atoms with van der Waals surface area (Å²) < 4.78 is 36.9. The normalized spacial score (nSPS) is 13.3. The lowest BCUT2D eigenvalue weighted by molar-refractivity contribution is 0.0728. The fourth-order valence-corrected chi connectivity index (χ4v) is 2.85. The molecule has 0 saturated carbocycles. The minimum absolute atomic E-state index is 0.138. The molecule has 0 saturated heterocycles. The Morgan fingerprint density at radius 3 is 2.52 bits per heavy atom. The standard InChI is InChI=1S/C14H17NO5S/c1-20-9-10(16)8-15-13-6-2-5-12-11(13)4-3-7-14(12)21(17,18)19/h2-7,10,15-16H,8-9H2,1H3,(H,17,18,19). The van der Waals surface area contributed by atoms with Crippen LogP contribution in [0.5, 0.6) is 0 Å². The van der Waals surface area contributed by atoms with Crippen molar-refractivity contribution in [2.24, 2.45) is 0 Å². The molecule has 2 aromatic carbocycles. The molecule has 6 nitrogen and oxygen atoms in total. The number of aliphatic hydroxyl groups is 1. The Hall–Kier alpha value is -1.67. The van der Waals surface area contributed by atoms with Gasteiger partial charge < -0.3 is 15.2 Å². The van der Waals surface area contributed by atoms with Crippen molar-refractivity contribution in [2.45, 2.75) is 11.0 Å². The Morgan fingerprint density at radius 2 is 1.86 bits per heavy atom. The Morgan fingerprint density at radius 1 is 1.19 bits per heavy atom. The van der Waals surface area contributed by atoms with E-state index in [1.54, 1.807) is 30.3 Å². The lowest BCUT2D eigenvalue weighted by atomic mass is 10.1. The highest BCUT2D eigenvalue weighted by Gasteiger charge is 2.15. The van der Waals surface area contributed by atoms with Crippen LogP contribution in [-0.2, 0) is 14.9 Å². The van der Waals surface area contributed by atoms with E-state index in [0.717, 1.165) is 0 Å². The minimum atomic E-state index is -4.28. The van der Waals surface area contributed by atoms with Crippen molar-refractivity contribution >= 4 is 26.6 Å². The van der Waals surface area contributed by atoms with Gasteiger partial charge in [0.15, 0.2) is 0 Å². The highest BCUT2D eigenvalue weighted by Crippen LogP contribution is 2.28. The molecule has 2 rings (SSSR count). The molecular weight excluding hydrogens is 294 g/mol. The largest absolute Gasteiger partial charge is 0.389 e. The number of anilines is 1. The van der Waals surface area contributed by atoms with E-state index >= 15 is 0 Å². The molecular formula is C14H17NO5S. The van der Waals surface area contributed by atoms with E-state index in [4.69, 9.17) is 4.74 Å². The average molecular weight is 311 g/mol. The number of benzene rings is 2. The maximum Gasteiger partial charge on any atom is 0.295 e. The molecule has 2 aromatic rings. The maximum atomic E-state index is 11.4. The van der Waals surface area contributed by atoms with E-state index < -0.39 is 16.2 Å². The van der Waals surface area contributed by atoms with Crippen molar-refractivity contribution in [3.63, 3.8) is 0 Å². The van der Waals surface area contributed by atoms with Crippen LogP contribution in [0.2, 0.25) is 0 Å². The maximum absolute atomic E-state index is 11.4. The fourth-order valence-electron chi connectivity index (χ4n) is 2.14. The second kappa shape index (κ2) is 6.40. The first-order valence-electron chi connectivity index (χ1n) is 6.33. The summed E-state index contributed by atoms with van der Waals surface area (Å²) in [6.07, 6.45) is -0.671. The highest BCUT2D eigenvalue weighted by atomic mass is 32.2. The number of methoxy groups -OCH3 is 1. The quantitative estimate of drug-likeness (QED) is 0.700. The van der Waals surface area contributed by atoms with Gasteiger partial charge in [-0.15, -0.1) is 0 Å². The molecule has 21 heavy (non-hydrogen) atoms. The summed E-state index contributed by atoms with van der Waals surface area (Å²) in [5.74, 6) is 0. The Balaban J connectivity index is 2.39. The van der Waals surface area contributed by atoms with Crippen molar-refractivity contribution in [1.82, 2.24) is 0 Å². The zero-order valence-corrected chi connectivity index (χ0v) is 12.3. The molecule has 0 fully saturated rings. The minimum Gasteiger partial charge on any atom is -0.389 e. The molecule has 114 valence electrons. The second-order valence-corrected chi connectivity index (χ2v) is 6.01. The molecule has 0 spiro atoms. The van der Waals surface area contributed by atoms with Crippen molar-refractivity contribution in [1.29, 1.82) is 0 Å². The van der Waals surface area contributed by atoms with Crippen LogP contribution in [0.25, 0.3) is 10.8 Å². The fraction of sp³-hybridized carbons (Fsp3) is 0.286. The SMILES string of the molecule is COCC(O)CNc1cccc2c(S(=O)(=O)O)cccc12. The molecule has 0 amide bonds. The molecule has 1 unspecified atom stereocenters. The zero-order valence-electron chi connectivity index (χ0n) is 11.5. The predicted molar refractivity (Wildman–Crippen MR) is 80.1 cm³/mol. The number of rotatable bonds is 6. The first-order chi connectivity index (χ1) is 9.93. The van der Waals surface area contributed by atoms with E-state index in [0.29, 0.717) is 16.5 Å².